The van der Waals surface area contributed by atoms with E-state index < -0.39 is 0 Å². The van der Waals surface area contributed by atoms with Crippen LogP contribution in [0.3, 0.4) is 0 Å². The van der Waals surface area contributed by atoms with Crippen molar-refractivity contribution in [3.63, 3.8) is 0 Å². The van der Waals surface area contributed by atoms with E-state index in [1.807, 2.05) is 23.9 Å². The van der Waals surface area contributed by atoms with Crippen molar-refractivity contribution in [2.45, 2.75) is 19.3 Å². The average Bonchev–Trinajstić information content (AvgIpc) is 3.28. The van der Waals surface area contributed by atoms with Crippen LogP contribution < -0.4 is 5.73 Å². The number of nitrogens with zero attached hydrogens (tertiary/aromatic N) is 2. The third-order valence-electron chi connectivity index (χ3n) is 4.36. The predicted molar refractivity (Wildman–Crippen MR) is 87.2 cm³/mol. The molecule has 3 nitrogen and oxygen atoms in total. The van der Waals surface area contributed by atoms with E-state index in [1.165, 1.54) is 30.5 Å². The van der Waals surface area contributed by atoms with Gasteiger partial charge in [0.25, 0.3) is 0 Å². The molecule has 0 unspecified atom stereocenters. The summed E-state index contributed by atoms with van der Waals surface area (Å²) in [6, 6.07) is 6.83. The maximum atomic E-state index is 12.9. The smallest absolute Gasteiger partial charge is 0.191 e. The Labute approximate surface area is 129 Å². The van der Waals surface area contributed by atoms with E-state index in [0.29, 0.717) is 5.96 Å². The summed E-state index contributed by atoms with van der Waals surface area (Å²) >= 11 is 1.97. The maximum absolute atomic E-state index is 12.9. The first kappa shape index (κ1) is 14.7. The van der Waals surface area contributed by atoms with Crippen molar-refractivity contribution >= 4 is 17.7 Å². The normalized spacial score (nSPS) is 21.4. The van der Waals surface area contributed by atoms with Gasteiger partial charge in [-0.2, -0.15) is 11.8 Å². The molecule has 0 spiro atoms. The molecular formula is C16H22FN3S. The second kappa shape index (κ2) is 6.26. The molecule has 21 heavy (non-hydrogen) atoms. The number of aliphatic imine (C=N–C) groups is 1. The van der Waals surface area contributed by atoms with Gasteiger partial charge < -0.3 is 10.6 Å². The van der Waals surface area contributed by atoms with E-state index in [1.54, 1.807) is 0 Å². The zero-order valence-electron chi connectivity index (χ0n) is 12.2. The Morgan fingerprint density at radius 3 is 2.52 bits per heavy atom. The third-order valence-corrected chi connectivity index (χ3v) is 5.30. The summed E-state index contributed by atoms with van der Waals surface area (Å²) in [4.78, 5) is 6.82. The number of halogens is 1. The second-order valence-electron chi connectivity index (χ2n) is 6.08. The molecule has 1 saturated carbocycles. The highest BCUT2D eigenvalue weighted by Crippen LogP contribution is 2.48. The van der Waals surface area contributed by atoms with Crippen molar-refractivity contribution < 1.29 is 4.39 Å². The summed E-state index contributed by atoms with van der Waals surface area (Å²) in [7, 11) is 0. The Hall–Kier alpha value is -1.23. The zero-order valence-corrected chi connectivity index (χ0v) is 13.0. The first-order valence-electron chi connectivity index (χ1n) is 7.54. The number of thioether (sulfide) groups is 1. The molecule has 2 fully saturated rings. The van der Waals surface area contributed by atoms with Crippen LogP contribution in [0, 0.1) is 11.2 Å². The largest absolute Gasteiger partial charge is 0.370 e. The highest BCUT2D eigenvalue weighted by atomic mass is 32.2. The van der Waals surface area contributed by atoms with Crippen LogP contribution in [0.1, 0.15) is 18.4 Å². The average molecular weight is 307 g/mol. The van der Waals surface area contributed by atoms with Gasteiger partial charge in [-0.25, -0.2) is 4.39 Å². The van der Waals surface area contributed by atoms with Crippen molar-refractivity contribution in [2.75, 3.05) is 31.1 Å². The molecule has 0 aromatic heterocycles. The molecule has 0 radical (unpaired) electrons. The minimum absolute atomic E-state index is 0.172. The highest BCUT2D eigenvalue weighted by molar-refractivity contribution is 7.99. The minimum Gasteiger partial charge on any atom is -0.370 e. The van der Waals surface area contributed by atoms with E-state index in [0.717, 1.165) is 37.6 Å². The van der Waals surface area contributed by atoms with E-state index in [9.17, 15) is 4.39 Å². The minimum atomic E-state index is -0.172. The molecule has 1 aliphatic heterocycles. The van der Waals surface area contributed by atoms with Gasteiger partial charge in [0, 0.05) is 31.1 Å². The van der Waals surface area contributed by atoms with Crippen molar-refractivity contribution in [2.24, 2.45) is 16.1 Å². The lowest BCUT2D eigenvalue weighted by Crippen LogP contribution is -2.43. The summed E-state index contributed by atoms with van der Waals surface area (Å²) < 4.78 is 12.9. The summed E-state index contributed by atoms with van der Waals surface area (Å²) in [5.74, 6) is 2.79. The molecule has 1 heterocycles. The Morgan fingerprint density at radius 1 is 1.24 bits per heavy atom. The molecule has 5 heteroatoms. The SMILES string of the molecule is NC(=NCC1(Cc2ccc(F)cc2)CC1)N1CCSCC1. The molecule has 2 aliphatic rings. The molecule has 3 rings (SSSR count). The summed E-state index contributed by atoms with van der Waals surface area (Å²) in [5.41, 5.74) is 7.56. The van der Waals surface area contributed by atoms with E-state index >= 15 is 0 Å². The predicted octanol–water partition coefficient (Wildman–Crippen LogP) is 2.51. The monoisotopic (exact) mass is 307 g/mol. The quantitative estimate of drug-likeness (QED) is 0.686. The third kappa shape index (κ3) is 3.90. The molecule has 0 bridgehead atoms. The lowest BCUT2D eigenvalue weighted by atomic mass is 9.97. The lowest BCUT2D eigenvalue weighted by molar-refractivity contribution is 0.448. The molecule has 0 amide bonds. The Bertz CT molecular complexity index is 505. The Kier molecular flexibility index (Phi) is 4.38. The number of guanidine groups is 1. The molecule has 0 atom stereocenters. The zero-order chi connectivity index (χ0) is 14.7. The van der Waals surface area contributed by atoms with Crippen LogP contribution in [0.25, 0.3) is 0 Å². The van der Waals surface area contributed by atoms with E-state index in [4.69, 9.17) is 5.73 Å². The fourth-order valence-electron chi connectivity index (χ4n) is 2.74. The van der Waals surface area contributed by atoms with E-state index in [2.05, 4.69) is 9.89 Å². The number of hydrogen-bond donors (Lipinski definition) is 1. The highest BCUT2D eigenvalue weighted by Gasteiger charge is 2.42. The standard InChI is InChI=1S/C16H22FN3S/c17-14-3-1-13(2-4-14)11-16(5-6-16)12-19-15(18)20-7-9-21-10-8-20/h1-4H,5-12H2,(H2,18,19). The summed E-state index contributed by atoms with van der Waals surface area (Å²) in [5, 5.41) is 0. The van der Waals surface area contributed by atoms with Gasteiger partial charge in [0.1, 0.15) is 5.82 Å². The van der Waals surface area contributed by atoms with E-state index in [-0.39, 0.29) is 11.2 Å². The molecule has 1 aromatic rings. The van der Waals surface area contributed by atoms with Gasteiger partial charge in [0.2, 0.25) is 0 Å². The number of benzene rings is 1. The van der Waals surface area contributed by atoms with Gasteiger partial charge in [0.05, 0.1) is 0 Å². The van der Waals surface area contributed by atoms with Gasteiger partial charge in [-0.15, -0.1) is 0 Å². The molecule has 1 aliphatic carbocycles. The number of hydrogen-bond acceptors (Lipinski definition) is 2. The van der Waals surface area contributed by atoms with Crippen LogP contribution >= 0.6 is 11.8 Å². The van der Waals surface area contributed by atoms with Crippen molar-refractivity contribution in [3.05, 3.63) is 35.6 Å². The van der Waals surface area contributed by atoms with Crippen LogP contribution in [0.15, 0.2) is 29.3 Å². The molecule has 1 saturated heterocycles. The van der Waals surface area contributed by atoms with Gasteiger partial charge in [-0.1, -0.05) is 12.1 Å². The topological polar surface area (TPSA) is 41.6 Å². The molecular weight excluding hydrogens is 285 g/mol. The van der Waals surface area contributed by atoms with Crippen LogP contribution in [0.4, 0.5) is 4.39 Å². The van der Waals surface area contributed by atoms with Crippen LogP contribution in [0.5, 0.6) is 0 Å². The van der Waals surface area contributed by atoms with Crippen molar-refractivity contribution in [1.29, 1.82) is 0 Å². The summed E-state index contributed by atoms with van der Waals surface area (Å²) in [6.45, 7) is 2.80. The first-order valence-corrected chi connectivity index (χ1v) is 8.69. The van der Waals surface area contributed by atoms with Crippen molar-refractivity contribution in [1.82, 2.24) is 4.90 Å². The second-order valence-corrected chi connectivity index (χ2v) is 7.30. The van der Waals surface area contributed by atoms with Gasteiger partial charge >= 0.3 is 0 Å². The van der Waals surface area contributed by atoms with Crippen LogP contribution in [-0.2, 0) is 6.42 Å². The number of nitrogens with two attached hydrogens (primary N) is 1. The Balaban J connectivity index is 1.57. The van der Waals surface area contributed by atoms with Gasteiger partial charge in [0.15, 0.2) is 5.96 Å². The maximum Gasteiger partial charge on any atom is 0.191 e. The first-order chi connectivity index (χ1) is 10.2. The number of rotatable bonds is 4. The lowest BCUT2D eigenvalue weighted by Gasteiger charge is -2.27. The Morgan fingerprint density at radius 2 is 1.90 bits per heavy atom. The van der Waals surface area contributed by atoms with Crippen LogP contribution in [-0.4, -0.2) is 42.0 Å². The van der Waals surface area contributed by atoms with Gasteiger partial charge in [-0.3, -0.25) is 4.99 Å². The summed E-state index contributed by atoms with van der Waals surface area (Å²) in [6.07, 6.45) is 3.36. The molecule has 114 valence electrons. The van der Waals surface area contributed by atoms with Gasteiger partial charge in [-0.05, 0) is 42.4 Å². The fraction of sp³-hybridized carbons (Fsp3) is 0.562. The fourth-order valence-corrected chi connectivity index (χ4v) is 3.65. The van der Waals surface area contributed by atoms with Crippen molar-refractivity contribution in [3.8, 4) is 0 Å². The molecule has 2 N–H and O–H groups in total. The van der Waals surface area contributed by atoms with Crippen LogP contribution in [0.2, 0.25) is 0 Å². The molecule has 1 aromatic carbocycles.